The molecule has 4 rings (SSSR count). The van der Waals surface area contributed by atoms with Crippen LogP contribution in [0.2, 0.25) is 5.02 Å². The van der Waals surface area contributed by atoms with Gasteiger partial charge in [-0.05, 0) is 29.9 Å². The first-order valence-electron chi connectivity index (χ1n) is 7.03. The molecule has 0 fully saturated rings. The number of rotatable bonds is 2. The fraction of sp³-hybridized carbons (Fsp3) is 0.0588. The van der Waals surface area contributed by atoms with Gasteiger partial charge in [0.25, 0.3) is 5.56 Å². The van der Waals surface area contributed by atoms with Crippen LogP contribution in [-0.4, -0.2) is 9.55 Å². The predicted octanol–water partition coefficient (Wildman–Crippen LogP) is 4.98. The molecule has 3 nitrogen and oxygen atoms in total. The molecule has 0 amide bonds. The molecule has 1 N–H and O–H groups in total. The van der Waals surface area contributed by atoms with Crippen molar-refractivity contribution in [1.29, 1.82) is 0 Å². The lowest BCUT2D eigenvalue weighted by atomic mass is 10.2. The monoisotopic (exact) mass is 358 g/mol. The van der Waals surface area contributed by atoms with Gasteiger partial charge in [-0.25, -0.2) is 0 Å². The molecule has 114 valence electrons. The summed E-state index contributed by atoms with van der Waals surface area (Å²) in [5, 5.41) is 1.66. The van der Waals surface area contributed by atoms with E-state index in [1.165, 1.54) is 11.3 Å². The molecule has 0 saturated carbocycles. The molecule has 23 heavy (non-hydrogen) atoms. The van der Waals surface area contributed by atoms with Crippen molar-refractivity contribution >= 4 is 55.5 Å². The lowest BCUT2D eigenvalue weighted by Gasteiger charge is -2.08. The predicted molar refractivity (Wildman–Crippen MR) is 99.3 cm³/mol. The van der Waals surface area contributed by atoms with E-state index in [4.69, 9.17) is 23.8 Å². The summed E-state index contributed by atoms with van der Waals surface area (Å²) >= 11 is 13.1. The van der Waals surface area contributed by atoms with E-state index in [2.05, 4.69) is 4.98 Å². The van der Waals surface area contributed by atoms with Crippen molar-refractivity contribution in [3.8, 4) is 0 Å². The number of thiophene rings is 1. The largest absolute Gasteiger partial charge is 0.330 e. The average Bonchev–Trinajstić information content (AvgIpc) is 2.92. The van der Waals surface area contributed by atoms with E-state index in [1.54, 1.807) is 4.57 Å². The second-order valence-corrected chi connectivity index (χ2v) is 7.06. The van der Waals surface area contributed by atoms with Gasteiger partial charge in [-0.3, -0.25) is 9.36 Å². The number of aromatic nitrogens is 2. The number of fused-ring (bicyclic) bond motifs is 3. The van der Waals surface area contributed by atoms with Gasteiger partial charge in [0, 0.05) is 15.1 Å². The fourth-order valence-corrected chi connectivity index (χ4v) is 4.20. The molecule has 6 heteroatoms. The van der Waals surface area contributed by atoms with Crippen LogP contribution in [0.15, 0.2) is 53.3 Å². The van der Waals surface area contributed by atoms with Gasteiger partial charge in [0.2, 0.25) is 0 Å². The van der Waals surface area contributed by atoms with E-state index >= 15 is 0 Å². The summed E-state index contributed by atoms with van der Waals surface area (Å²) in [6.07, 6.45) is 0. The molecule has 2 heterocycles. The maximum absolute atomic E-state index is 12.9. The summed E-state index contributed by atoms with van der Waals surface area (Å²) in [4.78, 5) is 16.1. The SMILES string of the molecule is O=c1c2sc3ccccc3c2[nH]c(=S)n1Cc1ccccc1Cl. The van der Waals surface area contributed by atoms with Crippen LogP contribution in [0.3, 0.4) is 0 Å². The maximum atomic E-state index is 12.9. The number of halogens is 1. The molecule has 0 aliphatic carbocycles. The second kappa shape index (κ2) is 5.60. The topological polar surface area (TPSA) is 37.8 Å². The third-order valence-corrected chi connectivity index (χ3v) is 5.65. The van der Waals surface area contributed by atoms with Gasteiger partial charge in [-0.15, -0.1) is 11.3 Å². The average molecular weight is 359 g/mol. The minimum atomic E-state index is -0.0788. The quantitative estimate of drug-likeness (QED) is 0.513. The summed E-state index contributed by atoms with van der Waals surface area (Å²) in [6, 6.07) is 15.4. The summed E-state index contributed by atoms with van der Waals surface area (Å²) in [5.41, 5.74) is 1.61. The molecule has 0 aliphatic heterocycles. The van der Waals surface area contributed by atoms with Crippen LogP contribution < -0.4 is 5.56 Å². The van der Waals surface area contributed by atoms with Gasteiger partial charge in [0.15, 0.2) is 4.77 Å². The van der Waals surface area contributed by atoms with Crippen molar-refractivity contribution in [3.05, 3.63) is 74.2 Å². The van der Waals surface area contributed by atoms with E-state index in [9.17, 15) is 4.79 Å². The molecular formula is C17H11ClN2OS2. The maximum Gasteiger partial charge on any atom is 0.272 e. The van der Waals surface area contributed by atoms with Crippen LogP contribution in [0.5, 0.6) is 0 Å². The lowest BCUT2D eigenvalue weighted by molar-refractivity contribution is 0.736. The van der Waals surface area contributed by atoms with Crippen LogP contribution in [0.25, 0.3) is 20.3 Å². The van der Waals surface area contributed by atoms with Crippen molar-refractivity contribution in [2.75, 3.05) is 0 Å². The highest BCUT2D eigenvalue weighted by atomic mass is 35.5. The highest BCUT2D eigenvalue weighted by Gasteiger charge is 2.12. The van der Waals surface area contributed by atoms with Crippen LogP contribution >= 0.6 is 35.2 Å². The zero-order valence-electron chi connectivity index (χ0n) is 11.9. The first-order chi connectivity index (χ1) is 11.1. The summed E-state index contributed by atoms with van der Waals surface area (Å²) in [7, 11) is 0. The van der Waals surface area contributed by atoms with Crippen molar-refractivity contribution in [2.24, 2.45) is 0 Å². The van der Waals surface area contributed by atoms with Gasteiger partial charge < -0.3 is 4.98 Å². The zero-order valence-corrected chi connectivity index (χ0v) is 14.3. The minimum absolute atomic E-state index is 0.0788. The van der Waals surface area contributed by atoms with Gasteiger partial charge in [0.1, 0.15) is 4.70 Å². The van der Waals surface area contributed by atoms with Gasteiger partial charge >= 0.3 is 0 Å². The molecule has 0 unspecified atom stereocenters. The molecule has 0 spiro atoms. The Morgan fingerprint density at radius 1 is 1.13 bits per heavy atom. The number of benzene rings is 2. The molecule has 0 aliphatic rings. The van der Waals surface area contributed by atoms with E-state index < -0.39 is 0 Å². The molecule has 0 atom stereocenters. The second-order valence-electron chi connectivity index (χ2n) is 5.22. The number of H-pyrrole nitrogens is 1. The van der Waals surface area contributed by atoms with E-state index in [1.807, 2.05) is 48.5 Å². The summed E-state index contributed by atoms with van der Waals surface area (Å²) < 4.78 is 3.73. The number of aromatic amines is 1. The summed E-state index contributed by atoms with van der Waals surface area (Å²) in [5.74, 6) is 0. The molecule has 0 saturated heterocycles. The fourth-order valence-electron chi connectivity index (χ4n) is 2.65. The highest BCUT2D eigenvalue weighted by Crippen LogP contribution is 2.30. The molecule has 2 aromatic heterocycles. The van der Waals surface area contributed by atoms with Crippen molar-refractivity contribution < 1.29 is 0 Å². The number of nitrogens with one attached hydrogen (secondary N) is 1. The van der Waals surface area contributed by atoms with Crippen molar-refractivity contribution in [2.45, 2.75) is 6.54 Å². The van der Waals surface area contributed by atoms with Gasteiger partial charge in [0.05, 0.1) is 12.1 Å². The van der Waals surface area contributed by atoms with Crippen LogP contribution in [0.1, 0.15) is 5.56 Å². The Morgan fingerprint density at radius 3 is 2.70 bits per heavy atom. The van der Waals surface area contributed by atoms with E-state index in [-0.39, 0.29) is 5.56 Å². The van der Waals surface area contributed by atoms with Crippen molar-refractivity contribution in [3.63, 3.8) is 0 Å². The summed E-state index contributed by atoms with van der Waals surface area (Å²) in [6.45, 7) is 0.359. The first-order valence-corrected chi connectivity index (χ1v) is 8.63. The number of nitrogens with zero attached hydrogens (tertiary/aromatic N) is 1. The Bertz CT molecular complexity index is 1160. The number of hydrogen-bond donors (Lipinski definition) is 1. The third kappa shape index (κ3) is 2.41. The highest BCUT2D eigenvalue weighted by molar-refractivity contribution is 7.71. The Morgan fingerprint density at radius 2 is 1.87 bits per heavy atom. The molecule has 0 radical (unpaired) electrons. The Labute approximate surface area is 145 Å². The van der Waals surface area contributed by atoms with Gasteiger partial charge in [-0.2, -0.15) is 0 Å². The van der Waals surface area contributed by atoms with Crippen LogP contribution in [0, 0.1) is 4.77 Å². The smallest absolute Gasteiger partial charge is 0.272 e. The molecule has 0 bridgehead atoms. The van der Waals surface area contributed by atoms with Crippen LogP contribution in [-0.2, 0) is 6.54 Å². The molecular weight excluding hydrogens is 348 g/mol. The van der Waals surface area contributed by atoms with Crippen molar-refractivity contribution in [1.82, 2.24) is 9.55 Å². The standard InChI is InChI=1S/C17H11ClN2OS2/c18-12-7-3-1-5-10(12)9-20-16(21)15-14(19-17(20)22)11-6-2-4-8-13(11)23-15/h1-8H,9H2,(H,19,22). The lowest BCUT2D eigenvalue weighted by Crippen LogP contribution is -2.22. The van der Waals surface area contributed by atoms with Crippen LogP contribution in [0.4, 0.5) is 0 Å². The minimum Gasteiger partial charge on any atom is -0.330 e. The zero-order chi connectivity index (χ0) is 16.0. The normalized spacial score (nSPS) is 11.3. The first kappa shape index (κ1) is 14.6. The van der Waals surface area contributed by atoms with Gasteiger partial charge in [-0.1, -0.05) is 48.0 Å². The van der Waals surface area contributed by atoms with E-state index in [0.29, 0.717) is 21.0 Å². The molecule has 4 aromatic rings. The Hall–Kier alpha value is -1.95. The van der Waals surface area contributed by atoms with E-state index in [0.717, 1.165) is 21.2 Å². The Kier molecular flexibility index (Phi) is 3.56. The molecule has 2 aromatic carbocycles. The Balaban J connectivity index is 1.98. The third-order valence-electron chi connectivity index (χ3n) is 3.80. The number of hydrogen-bond acceptors (Lipinski definition) is 3.